The van der Waals surface area contributed by atoms with Gasteiger partial charge in [-0.2, -0.15) is 0 Å². The van der Waals surface area contributed by atoms with Crippen LogP contribution in [-0.2, 0) is 0 Å². The van der Waals surface area contributed by atoms with Crippen LogP contribution in [0.3, 0.4) is 0 Å². The third kappa shape index (κ3) is 18.4. The molecular formula is C34H45Al2Cl8N3. The van der Waals surface area contributed by atoms with E-state index in [1.165, 1.54) is 22.3 Å². The molecule has 3 rings (SSSR count). The summed E-state index contributed by atoms with van der Waals surface area (Å²) in [5, 5.41) is 0.194. The number of hydrogen-bond donors (Lipinski definition) is 0. The molecular weight excluding hydrogens is 788 g/mol. The number of para-hydroxylation sites is 2. The van der Waals surface area contributed by atoms with Crippen LogP contribution in [0.2, 0.25) is 0 Å². The van der Waals surface area contributed by atoms with Crippen LogP contribution in [0.25, 0.3) is 0 Å². The molecule has 47 heavy (non-hydrogen) atoms. The van der Waals surface area contributed by atoms with E-state index < -0.39 is 0 Å². The fourth-order valence-corrected chi connectivity index (χ4v) is 4.57. The molecule has 0 saturated carbocycles. The van der Waals surface area contributed by atoms with Gasteiger partial charge in [0.05, 0.1) is 39.5 Å². The van der Waals surface area contributed by atoms with E-state index in [1.807, 2.05) is 12.1 Å². The van der Waals surface area contributed by atoms with Crippen molar-refractivity contribution < 1.29 is 74.4 Å². The number of halogens is 8. The third-order valence-corrected chi connectivity index (χ3v) is 6.73. The number of aromatic nitrogens is 1. The predicted octanol–water partition coefficient (Wildman–Crippen LogP) is -7.46. The molecule has 0 unspecified atom stereocenters. The summed E-state index contributed by atoms with van der Waals surface area (Å²) in [5.74, 6) is 1.61. The fourth-order valence-electron chi connectivity index (χ4n) is 4.57. The Kier molecular flexibility index (Phi) is 41.3. The Morgan fingerprint density at radius 2 is 0.723 bits per heavy atom. The molecule has 1 aromatic heterocycles. The number of nitrogens with zero attached hydrogens (tertiary/aromatic N) is 3. The first-order valence-corrected chi connectivity index (χ1v) is 15.0. The quantitative estimate of drug-likeness (QED) is 0.127. The van der Waals surface area contributed by atoms with Crippen molar-refractivity contribution in [3.63, 3.8) is 0 Å². The van der Waals surface area contributed by atoms with E-state index in [-0.39, 0.29) is 115 Å². The van der Waals surface area contributed by atoms with Crippen molar-refractivity contribution >= 4 is 80.7 Å². The van der Waals surface area contributed by atoms with E-state index in [4.69, 9.17) is 38.2 Å². The smallest absolute Gasteiger partial charge is 1.00 e. The van der Waals surface area contributed by atoms with Crippen molar-refractivity contribution in [1.82, 2.24) is 4.98 Å². The van der Waals surface area contributed by atoms with Crippen molar-refractivity contribution in [3.8, 4) is 0 Å². The first-order chi connectivity index (χ1) is 18.4. The zero-order chi connectivity index (χ0) is 29.3. The van der Waals surface area contributed by atoms with Crippen LogP contribution < -0.4 is 74.4 Å². The average Bonchev–Trinajstić information content (AvgIpc) is 2.88. The molecule has 0 atom stereocenters. The zero-order valence-electron chi connectivity index (χ0n) is 28.7. The van der Waals surface area contributed by atoms with Crippen LogP contribution in [0, 0.1) is 0 Å². The second-order valence-corrected chi connectivity index (χ2v) is 11.9. The number of aliphatic imine (C=N–C) groups is 2. The molecule has 0 aliphatic rings. The molecule has 1 heterocycles. The van der Waals surface area contributed by atoms with Gasteiger partial charge in [-0.1, -0.05) is 97.9 Å². The summed E-state index contributed by atoms with van der Waals surface area (Å²) in [6.45, 7) is 22.0. The van der Waals surface area contributed by atoms with Crippen LogP contribution in [-0.4, -0.2) is 56.5 Å². The van der Waals surface area contributed by atoms with Crippen molar-refractivity contribution in [1.29, 1.82) is 0 Å². The molecule has 3 aromatic rings. The fraction of sp³-hybridized carbons (Fsp3) is 0.441. The van der Waals surface area contributed by atoms with E-state index in [0.29, 0.717) is 23.7 Å². The Bertz CT molecular complexity index is 1170. The van der Waals surface area contributed by atoms with Gasteiger partial charge in [-0.15, -0.1) is 23.2 Å². The normalized spacial score (nSPS) is 10.3. The van der Waals surface area contributed by atoms with E-state index in [1.54, 1.807) is 0 Å². The Labute approximate surface area is 353 Å². The molecule has 0 radical (unpaired) electrons. The second kappa shape index (κ2) is 31.1. The van der Waals surface area contributed by atoms with Crippen LogP contribution >= 0.6 is 23.2 Å². The van der Waals surface area contributed by atoms with Crippen LogP contribution in [0.1, 0.15) is 127 Å². The van der Waals surface area contributed by atoms with Crippen molar-refractivity contribution in [2.75, 3.05) is 5.34 Å². The van der Waals surface area contributed by atoms with Crippen LogP contribution in [0.4, 0.5) is 11.4 Å². The molecule has 0 bridgehead atoms. The number of pyridine rings is 1. The van der Waals surface area contributed by atoms with Gasteiger partial charge in [-0.3, -0.25) is 9.98 Å². The van der Waals surface area contributed by atoms with Gasteiger partial charge in [-0.25, -0.2) is 4.98 Å². The van der Waals surface area contributed by atoms with Crippen molar-refractivity contribution in [3.05, 3.63) is 88.2 Å². The predicted molar refractivity (Wildman–Crippen MR) is 185 cm³/mol. The van der Waals surface area contributed by atoms with Crippen LogP contribution in [0.15, 0.2) is 64.6 Å². The number of hydrogen-bond acceptors (Lipinski definition) is 3. The second-order valence-electron chi connectivity index (χ2n) is 11.1. The molecule has 0 spiro atoms. The maximum atomic E-state index is 5.15. The molecule has 0 N–H and O–H groups in total. The summed E-state index contributed by atoms with van der Waals surface area (Å²) in [6, 6.07) is 19.2. The largest absolute Gasteiger partial charge is 3.00 e. The molecule has 0 amide bonds. The first-order valence-electron chi connectivity index (χ1n) is 13.9. The van der Waals surface area contributed by atoms with E-state index in [2.05, 4.69) is 112 Å². The minimum absolute atomic E-state index is 0. The molecule has 0 aliphatic carbocycles. The minimum Gasteiger partial charge on any atom is -1.00 e. The van der Waals surface area contributed by atoms with Crippen molar-refractivity contribution in [2.24, 2.45) is 9.98 Å². The van der Waals surface area contributed by atoms with E-state index in [9.17, 15) is 0 Å². The summed E-state index contributed by atoms with van der Waals surface area (Å²) in [7, 11) is 0. The topological polar surface area (TPSA) is 37.6 Å². The minimum atomic E-state index is 0. The van der Waals surface area contributed by atoms with Crippen molar-refractivity contribution in [2.45, 2.75) is 92.9 Å². The molecule has 0 saturated heterocycles. The Morgan fingerprint density at radius 1 is 0.511 bits per heavy atom. The number of alkyl halides is 2. The third-order valence-electron chi connectivity index (χ3n) is 6.73. The molecule has 258 valence electrons. The maximum absolute atomic E-state index is 5.15. The zero-order valence-corrected chi connectivity index (χ0v) is 37.1. The van der Waals surface area contributed by atoms with Gasteiger partial charge in [0.2, 0.25) is 0 Å². The SMILES string of the molecule is CC(=Nc1c(C(C)C)cccc1C(C)C)c1cccc(C(C)=Nc2c(C(C)C)cccc2C(C)C)n1.ClCCl.[Al+3].[Al+3].[Cl-].[Cl-].[Cl-].[Cl-].[Cl-].[Cl-]. The molecule has 0 aliphatic heterocycles. The van der Waals surface area contributed by atoms with E-state index in [0.717, 1.165) is 34.2 Å². The van der Waals surface area contributed by atoms with Gasteiger partial charge in [0.25, 0.3) is 0 Å². The van der Waals surface area contributed by atoms with Gasteiger partial charge < -0.3 is 74.4 Å². The Balaban J connectivity index is -0.000000280. The van der Waals surface area contributed by atoms with Crippen LogP contribution in [0.5, 0.6) is 0 Å². The maximum Gasteiger partial charge on any atom is 3.00 e. The average molecular weight is 833 g/mol. The molecule has 0 fully saturated rings. The molecule has 3 nitrogen and oxygen atoms in total. The number of benzene rings is 2. The summed E-state index contributed by atoms with van der Waals surface area (Å²) >= 11 is 9.53. The van der Waals surface area contributed by atoms with E-state index >= 15 is 0 Å². The van der Waals surface area contributed by atoms with Gasteiger partial charge in [0.15, 0.2) is 0 Å². The van der Waals surface area contributed by atoms with Gasteiger partial charge in [0.1, 0.15) is 0 Å². The summed E-state index contributed by atoms with van der Waals surface area (Å²) in [6.07, 6.45) is 0. The van der Waals surface area contributed by atoms with Gasteiger partial charge >= 0.3 is 34.7 Å². The summed E-state index contributed by atoms with van der Waals surface area (Å²) in [4.78, 5) is 15.3. The Morgan fingerprint density at radius 3 is 0.936 bits per heavy atom. The molecule has 13 heteroatoms. The van der Waals surface area contributed by atoms with Gasteiger partial charge in [0, 0.05) is 0 Å². The number of rotatable bonds is 8. The monoisotopic (exact) mass is 829 g/mol. The Hall–Kier alpha value is 0.315. The summed E-state index contributed by atoms with van der Waals surface area (Å²) < 4.78 is 0. The standard InChI is InChI=1S/C33H43N3.CH2Cl2.2Al.6ClH/c1-20(2)26-14-11-15-27(21(3)4)32(26)34-24(9)30-18-13-19-31(36-30)25(10)35-33-28(22(5)6)16-12-17-29(33)23(7)8;2-1-3;;;;;;;;/h11-23H,1-10H3;1H2;;;6*1H/q;;2*+3;;;;;;/p-6. The van der Waals surface area contributed by atoms with Gasteiger partial charge in [-0.05, 0) is 71.9 Å². The summed E-state index contributed by atoms with van der Waals surface area (Å²) in [5.41, 5.74) is 10.9. The first kappa shape index (κ1) is 62.4. The molecule has 2 aromatic carbocycles.